The van der Waals surface area contributed by atoms with Crippen LogP contribution in [0.1, 0.15) is 45.4 Å². The molecule has 2 N–H and O–H groups in total. The maximum atomic E-state index is 12.7. The van der Waals surface area contributed by atoms with Crippen molar-refractivity contribution in [3.8, 4) is 0 Å². The lowest BCUT2D eigenvalue weighted by atomic mass is 9.85. The Kier molecular flexibility index (Phi) is 7.81. The van der Waals surface area contributed by atoms with E-state index < -0.39 is 0 Å². The molecule has 8 heteroatoms. The standard InChI is InChI=1S/C22H26N2O3S.CH2O2/c1-16(25)24-12-9-22(10-13-24)20-18(8-14-27-22)15-19(28-20)21(26)23-11-7-17-5-3-2-4-6-17;2-1-3/h2-6,15H,7-14H2,1H3,(H,23,26);1H,(H,2,3). The van der Waals surface area contributed by atoms with Gasteiger partial charge in [0.05, 0.1) is 11.5 Å². The van der Waals surface area contributed by atoms with Crippen molar-refractivity contribution in [2.75, 3.05) is 26.2 Å². The number of ether oxygens (including phenoxy) is 1. The average molecular weight is 445 g/mol. The molecule has 31 heavy (non-hydrogen) atoms. The molecule has 1 saturated heterocycles. The van der Waals surface area contributed by atoms with E-state index in [0.29, 0.717) is 26.2 Å². The lowest BCUT2D eigenvalue weighted by Crippen LogP contribution is -2.47. The van der Waals surface area contributed by atoms with E-state index in [2.05, 4.69) is 17.4 Å². The summed E-state index contributed by atoms with van der Waals surface area (Å²) in [6.07, 6.45) is 3.28. The van der Waals surface area contributed by atoms with Crippen molar-refractivity contribution in [1.82, 2.24) is 10.2 Å². The molecule has 0 unspecified atom stereocenters. The van der Waals surface area contributed by atoms with Gasteiger partial charge >= 0.3 is 0 Å². The van der Waals surface area contributed by atoms with Crippen molar-refractivity contribution in [2.45, 2.75) is 38.2 Å². The highest BCUT2D eigenvalue weighted by molar-refractivity contribution is 7.14. The number of nitrogens with zero attached hydrogens (tertiary/aromatic N) is 1. The van der Waals surface area contributed by atoms with Gasteiger partial charge in [-0.15, -0.1) is 11.3 Å². The molecule has 4 rings (SSSR count). The molecular formula is C23H28N2O5S. The number of benzene rings is 1. The fourth-order valence-electron chi connectivity index (χ4n) is 4.14. The van der Waals surface area contributed by atoms with E-state index >= 15 is 0 Å². The first-order valence-electron chi connectivity index (χ1n) is 10.4. The van der Waals surface area contributed by atoms with Crippen molar-refractivity contribution in [3.05, 3.63) is 57.3 Å². The molecule has 1 aromatic heterocycles. The number of fused-ring (bicyclic) bond motifs is 2. The van der Waals surface area contributed by atoms with Gasteiger partial charge in [-0.05, 0) is 42.9 Å². The number of carbonyl (C=O) groups excluding carboxylic acids is 2. The molecule has 1 aromatic carbocycles. The fourth-order valence-corrected chi connectivity index (χ4v) is 5.47. The first-order valence-corrected chi connectivity index (χ1v) is 11.2. The number of thiophene rings is 1. The molecule has 0 saturated carbocycles. The third-order valence-corrected chi connectivity index (χ3v) is 7.12. The van der Waals surface area contributed by atoms with Gasteiger partial charge in [0.1, 0.15) is 5.60 Å². The van der Waals surface area contributed by atoms with Crippen molar-refractivity contribution in [1.29, 1.82) is 0 Å². The SMILES string of the molecule is CC(=O)N1CCC2(CC1)OCCc1cc(C(=O)NCCc3ccccc3)sc12.O=CO. The first kappa shape index (κ1) is 23.0. The third kappa shape index (κ3) is 5.51. The smallest absolute Gasteiger partial charge is 0.290 e. The van der Waals surface area contributed by atoms with Crippen LogP contribution in [0.2, 0.25) is 0 Å². The maximum Gasteiger partial charge on any atom is 0.290 e. The molecule has 0 atom stereocenters. The molecule has 2 amide bonds. The fraction of sp³-hybridized carbons (Fsp3) is 0.435. The van der Waals surface area contributed by atoms with Gasteiger partial charge in [0.15, 0.2) is 0 Å². The number of rotatable bonds is 4. The van der Waals surface area contributed by atoms with Crippen LogP contribution in [0.4, 0.5) is 0 Å². The number of piperidine rings is 1. The average Bonchev–Trinajstić information content (AvgIpc) is 3.22. The zero-order valence-electron chi connectivity index (χ0n) is 17.6. The summed E-state index contributed by atoms with van der Waals surface area (Å²) in [4.78, 5) is 36.5. The van der Waals surface area contributed by atoms with E-state index in [0.717, 1.165) is 30.6 Å². The minimum atomic E-state index is -0.327. The van der Waals surface area contributed by atoms with Gasteiger partial charge in [-0.25, -0.2) is 0 Å². The number of carboxylic acid groups (broad SMARTS) is 1. The van der Waals surface area contributed by atoms with Crippen LogP contribution in [0.25, 0.3) is 0 Å². The summed E-state index contributed by atoms with van der Waals surface area (Å²) in [6.45, 7) is 4.10. The number of carbonyl (C=O) groups is 3. The Bertz CT molecular complexity index is 904. The molecule has 1 spiro atoms. The molecule has 0 bridgehead atoms. The predicted octanol–water partition coefficient (Wildman–Crippen LogP) is 2.83. The number of hydrogen-bond acceptors (Lipinski definition) is 5. The summed E-state index contributed by atoms with van der Waals surface area (Å²) >= 11 is 1.56. The van der Waals surface area contributed by atoms with Crippen LogP contribution in [-0.2, 0) is 32.8 Å². The van der Waals surface area contributed by atoms with Crippen LogP contribution in [0, 0.1) is 0 Å². The van der Waals surface area contributed by atoms with Gasteiger partial charge < -0.3 is 20.1 Å². The van der Waals surface area contributed by atoms with Crippen LogP contribution in [0.15, 0.2) is 36.4 Å². The molecule has 1 fully saturated rings. The first-order chi connectivity index (χ1) is 15.0. The summed E-state index contributed by atoms with van der Waals surface area (Å²) in [5.74, 6) is 0.113. The highest BCUT2D eigenvalue weighted by Gasteiger charge is 2.43. The zero-order valence-corrected chi connectivity index (χ0v) is 18.5. The lowest BCUT2D eigenvalue weighted by Gasteiger charge is -2.43. The van der Waals surface area contributed by atoms with Crippen molar-refractivity contribution < 1.29 is 24.2 Å². The second-order valence-corrected chi connectivity index (χ2v) is 8.71. The molecule has 0 aliphatic carbocycles. The molecule has 7 nitrogen and oxygen atoms in total. The Morgan fingerprint density at radius 1 is 1.26 bits per heavy atom. The minimum Gasteiger partial charge on any atom is -0.483 e. The van der Waals surface area contributed by atoms with Gasteiger partial charge in [-0.3, -0.25) is 14.4 Å². The van der Waals surface area contributed by atoms with Gasteiger partial charge in [-0.2, -0.15) is 0 Å². The second-order valence-electron chi connectivity index (χ2n) is 7.66. The number of nitrogens with one attached hydrogen (secondary N) is 1. The van der Waals surface area contributed by atoms with Crippen molar-refractivity contribution >= 4 is 29.6 Å². The highest BCUT2D eigenvalue weighted by Crippen LogP contribution is 2.45. The van der Waals surface area contributed by atoms with E-state index in [1.54, 1.807) is 18.3 Å². The maximum absolute atomic E-state index is 12.7. The topological polar surface area (TPSA) is 95.9 Å². The Morgan fingerprint density at radius 3 is 2.58 bits per heavy atom. The minimum absolute atomic E-state index is 0.00773. The molecule has 166 valence electrons. The number of hydrogen-bond donors (Lipinski definition) is 2. The number of amides is 2. The normalized spacial score (nSPS) is 16.6. The van der Waals surface area contributed by atoms with Crippen LogP contribution < -0.4 is 5.32 Å². The van der Waals surface area contributed by atoms with E-state index in [1.165, 1.54) is 16.0 Å². The quantitative estimate of drug-likeness (QED) is 0.707. The largest absolute Gasteiger partial charge is 0.483 e. The summed E-state index contributed by atoms with van der Waals surface area (Å²) in [6, 6.07) is 12.2. The molecule has 2 aliphatic heterocycles. The summed E-state index contributed by atoms with van der Waals surface area (Å²) in [5, 5.41) is 9.94. The Balaban J connectivity index is 0.000000858. The van der Waals surface area contributed by atoms with Crippen molar-refractivity contribution in [2.24, 2.45) is 0 Å². The Hall–Kier alpha value is -2.71. The van der Waals surface area contributed by atoms with Gasteiger partial charge in [-0.1, -0.05) is 30.3 Å². The number of likely N-dealkylation sites (tertiary alicyclic amines) is 1. The van der Waals surface area contributed by atoms with E-state index in [-0.39, 0.29) is 23.9 Å². The van der Waals surface area contributed by atoms with E-state index in [1.807, 2.05) is 29.2 Å². The molecule has 2 aliphatic rings. The van der Waals surface area contributed by atoms with Gasteiger partial charge in [0.2, 0.25) is 5.91 Å². The summed E-state index contributed by atoms with van der Waals surface area (Å²) in [5.41, 5.74) is 2.13. The van der Waals surface area contributed by atoms with Gasteiger partial charge in [0.25, 0.3) is 12.4 Å². The third-order valence-electron chi connectivity index (χ3n) is 5.75. The van der Waals surface area contributed by atoms with E-state index in [9.17, 15) is 9.59 Å². The van der Waals surface area contributed by atoms with Crippen molar-refractivity contribution in [3.63, 3.8) is 0 Å². The molecule has 2 aromatic rings. The lowest BCUT2D eigenvalue weighted by molar-refractivity contribution is -0.138. The van der Waals surface area contributed by atoms with E-state index in [4.69, 9.17) is 14.6 Å². The second kappa shape index (κ2) is 10.5. The molecule has 0 radical (unpaired) electrons. The van der Waals surface area contributed by atoms with Crippen LogP contribution in [-0.4, -0.2) is 54.5 Å². The van der Waals surface area contributed by atoms with Crippen LogP contribution in [0.5, 0.6) is 0 Å². The summed E-state index contributed by atoms with van der Waals surface area (Å²) in [7, 11) is 0. The van der Waals surface area contributed by atoms with Gasteiger partial charge in [0, 0.05) is 31.4 Å². The zero-order chi connectivity index (χ0) is 22.3. The van der Waals surface area contributed by atoms with Crippen LogP contribution >= 0.6 is 11.3 Å². The Morgan fingerprint density at radius 2 is 1.94 bits per heavy atom. The molecular weight excluding hydrogens is 416 g/mol. The summed E-state index contributed by atoms with van der Waals surface area (Å²) < 4.78 is 6.23. The van der Waals surface area contributed by atoms with Crippen LogP contribution in [0.3, 0.4) is 0 Å². The highest BCUT2D eigenvalue weighted by atomic mass is 32.1. The molecule has 3 heterocycles. The predicted molar refractivity (Wildman–Crippen MR) is 118 cm³/mol. The Labute approximate surface area is 186 Å². The monoisotopic (exact) mass is 444 g/mol.